The van der Waals surface area contributed by atoms with E-state index < -0.39 is 5.78 Å². The van der Waals surface area contributed by atoms with E-state index in [2.05, 4.69) is 10.0 Å². The van der Waals surface area contributed by atoms with Crippen LogP contribution in [-0.2, 0) is 9.59 Å². The van der Waals surface area contributed by atoms with E-state index in [1.165, 1.54) is 13.8 Å². The van der Waals surface area contributed by atoms with Crippen molar-refractivity contribution in [3.05, 3.63) is 32.3 Å². The summed E-state index contributed by atoms with van der Waals surface area (Å²) in [5, 5.41) is 2.97. The second kappa shape index (κ2) is 3.65. The summed E-state index contributed by atoms with van der Waals surface area (Å²) in [6.07, 6.45) is 0. The van der Waals surface area contributed by atoms with E-state index in [4.69, 9.17) is 17.1 Å². The molecule has 0 heterocycles. The molecule has 0 atom stereocenters. The quantitative estimate of drug-likeness (QED) is 0.288. The number of halogens is 1. The van der Waals surface area contributed by atoms with Crippen LogP contribution in [0.25, 0.3) is 10.4 Å². The standard InChI is InChI=1S/C8H6ClN3O2/c1-3-5(9)8(14)6(11-12-10)4(2)7(3)13/h1-2H3. The highest BCUT2D eigenvalue weighted by Gasteiger charge is 2.28. The minimum atomic E-state index is -0.598. The van der Waals surface area contributed by atoms with Crippen molar-refractivity contribution >= 4 is 23.2 Å². The number of hydrogen-bond donors (Lipinski definition) is 0. The molecule has 1 aliphatic carbocycles. The van der Waals surface area contributed by atoms with Gasteiger partial charge in [0.25, 0.3) is 0 Å². The highest BCUT2D eigenvalue weighted by Crippen LogP contribution is 2.27. The minimum absolute atomic E-state index is 0.134. The summed E-state index contributed by atoms with van der Waals surface area (Å²) < 4.78 is 0. The highest BCUT2D eigenvalue weighted by atomic mass is 35.5. The fourth-order valence-electron chi connectivity index (χ4n) is 1.10. The fraction of sp³-hybridized carbons (Fsp3) is 0.250. The van der Waals surface area contributed by atoms with Crippen LogP contribution in [0.3, 0.4) is 0 Å². The third-order valence-corrected chi connectivity index (χ3v) is 2.38. The van der Waals surface area contributed by atoms with Gasteiger partial charge in [-0.15, -0.1) is 0 Å². The van der Waals surface area contributed by atoms with Gasteiger partial charge in [-0.25, -0.2) is 0 Å². The fourth-order valence-corrected chi connectivity index (χ4v) is 1.27. The Balaban J connectivity index is 3.40. The minimum Gasteiger partial charge on any atom is -0.289 e. The average molecular weight is 212 g/mol. The Bertz CT molecular complexity index is 442. The van der Waals surface area contributed by atoms with Gasteiger partial charge >= 0.3 is 0 Å². The molecule has 0 aliphatic heterocycles. The summed E-state index contributed by atoms with van der Waals surface area (Å²) >= 11 is 5.60. The van der Waals surface area contributed by atoms with Crippen molar-refractivity contribution in [2.75, 3.05) is 0 Å². The molecule has 0 bridgehead atoms. The van der Waals surface area contributed by atoms with Gasteiger partial charge < -0.3 is 0 Å². The van der Waals surface area contributed by atoms with Crippen LogP contribution in [0.15, 0.2) is 27.0 Å². The average Bonchev–Trinajstić information content (AvgIpc) is 2.19. The van der Waals surface area contributed by atoms with Crippen molar-refractivity contribution in [1.29, 1.82) is 0 Å². The van der Waals surface area contributed by atoms with Crippen molar-refractivity contribution in [1.82, 2.24) is 0 Å². The normalized spacial score (nSPS) is 17.4. The molecule has 0 aromatic carbocycles. The van der Waals surface area contributed by atoms with Crippen LogP contribution in [0.2, 0.25) is 0 Å². The number of nitrogens with zero attached hydrogens (tertiary/aromatic N) is 3. The molecular weight excluding hydrogens is 206 g/mol. The van der Waals surface area contributed by atoms with Crippen LogP contribution in [0, 0.1) is 0 Å². The first-order valence-electron chi connectivity index (χ1n) is 3.72. The molecule has 0 amide bonds. The van der Waals surface area contributed by atoms with Crippen molar-refractivity contribution in [2.24, 2.45) is 5.11 Å². The second-order valence-electron chi connectivity index (χ2n) is 2.76. The molecule has 5 nitrogen and oxygen atoms in total. The molecule has 0 saturated heterocycles. The SMILES string of the molecule is CC1=C(Cl)C(=O)C(N=[N+]=[N-])=C(C)C1=O. The van der Waals surface area contributed by atoms with Crippen LogP contribution in [0.1, 0.15) is 13.8 Å². The Morgan fingerprint density at radius 1 is 1.21 bits per heavy atom. The van der Waals surface area contributed by atoms with E-state index in [1.54, 1.807) is 0 Å². The lowest BCUT2D eigenvalue weighted by Gasteiger charge is -2.13. The Morgan fingerprint density at radius 3 is 2.29 bits per heavy atom. The van der Waals surface area contributed by atoms with Crippen LogP contribution < -0.4 is 0 Å². The maximum absolute atomic E-state index is 11.4. The Labute approximate surface area is 84.7 Å². The molecular formula is C8H6ClN3O2. The predicted octanol–water partition coefficient (Wildman–Crippen LogP) is 2.24. The molecule has 0 saturated carbocycles. The van der Waals surface area contributed by atoms with Crippen LogP contribution >= 0.6 is 11.6 Å². The lowest BCUT2D eigenvalue weighted by Crippen LogP contribution is -2.18. The molecule has 14 heavy (non-hydrogen) atoms. The highest BCUT2D eigenvalue weighted by molar-refractivity contribution is 6.49. The van der Waals surface area contributed by atoms with E-state index >= 15 is 0 Å². The summed E-state index contributed by atoms with van der Waals surface area (Å²) in [5.74, 6) is -0.962. The number of rotatable bonds is 1. The third kappa shape index (κ3) is 1.43. The van der Waals surface area contributed by atoms with E-state index in [0.29, 0.717) is 0 Å². The van der Waals surface area contributed by atoms with Crippen LogP contribution in [0.4, 0.5) is 0 Å². The molecule has 0 unspecified atom stereocenters. The Kier molecular flexibility index (Phi) is 2.74. The molecule has 0 radical (unpaired) electrons. The zero-order chi connectivity index (χ0) is 10.9. The lowest BCUT2D eigenvalue weighted by molar-refractivity contribution is -0.116. The number of azide groups is 1. The summed E-state index contributed by atoms with van der Waals surface area (Å²) in [6.45, 7) is 2.88. The molecule has 0 aromatic rings. The topological polar surface area (TPSA) is 82.9 Å². The third-order valence-electron chi connectivity index (χ3n) is 1.92. The first-order valence-corrected chi connectivity index (χ1v) is 4.10. The van der Waals surface area contributed by atoms with Crippen LogP contribution in [-0.4, -0.2) is 11.6 Å². The first kappa shape index (κ1) is 10.5. The van der Waals surface area contributed by atoms with Gasteiger partial charge in [-0.1, -0.05) is 16.7 Å². The van der Waals surface area contributed by atoms with Crippen molar-refractivity contribution in [2.45, 2.75) is 13.8 Å². The molecule has 0 aromatic heterocycles. The monoisotopic (exact) mass is 211 g/mol. The van der Waals surface area contributed by atoms with Gasteiger partial charge in [0, 0.05) is 16.1 Å². The van der Waals surface area contributed by atoms with E-state index in [1.807, 2.05) is 0 Å². The zero-order valence-corrected chi connectivity index (χ0v) is 8.29. The predicted molar refractivity (Wildman–Crippen MR) is 50.4 cm³/mol. The van der Waals surface area contributed by atoms with Gasteiger partial charge in [0.2, 0.25) is 5.78 Å². The van der Waals surface area contributed by atoms with Gasteiger partial charge in [0.1, 0.15) is 0 Å². The summed E-state index contributed by atoms with van der Waals surface area (Å²) in [6, 6.07) is 0. The van der Waals surface area contributed by atoms with Crippen molar-refractivity contribution in [3.8, 4) is 0 Å². The van der Waals surface area contributed by atoms with E-state index in [0.717, 1.165) is 0 Å². The zero-order valence-electron chi connectivity index (χ0n) is 7.54. The van der Waals surface area contributed by atoms with Gasteiger partial charge in [-0.2, -0.15) is 0 Å². The number of ketones is 2. The second-order valence-corrected chi connectivity index (χ2v) is 3.14. The number of Topliss-reactive ketones (excluding diaryl/α,β-unsaturated/α-hetero) is 2. The Hall–Kier alpha value is -1.58. The maximum atomic E-state index is 11.4. The van der Waals surface area contributed by atoms with Gasteiger partial charge in [0.15, 0.2) is 5.78 Å². The number of allylic oxidation sites excluding steroid dienone is 3. The molecule has 0 N–H and O–H groups in total. The summed E-state index contributed by atoms with van der Waals surface area (Å²) in [4.78, 5) is 25.3. The first-order chi connectivity index (χ1) is 6.50. The summed E-state index contributed by atoms with van der Waals surface area (Å²) in [5.41, 5.74) is 8.30. The Morgan fingerprint density at radius 2 is 1.79 bits per heavy atom. The summed E-state index contributed by atoms with van der Waals surface area (Å²) in [7, 11) is 0. The van der Waals surface area contributed by atoms with Gasteiger partial charge in [-0.3, -0.25) is 9.59 Å². The van der Waals surface area contributed by atoms with Crippen molar-refractivity contribution < 1.29 is 9.59 Å². The van der Waals surface area contributed by atoms with Crippen LogP contribution in [0.5, 0.6) is 0 Å². The van der Waals surface area contributed by atoms with Gasteiger partial charge in [-0.05, 0) is 19.4 Å². The molecule has 1 rings (SSSR count). The van der Waals surface area contributed by atoms with E-state index in [-0.39, 0.29) is 27.7 Å². The molecule has 0 fully saturated rings. The molecule has 6 heteroatoms. The van der Waals surface area contributed by atoms with Gasteiger partial charge in [0.05, 0.1) is 10.7 Å². The molecule has 0 spiro atoms. The molecule has 1 aliphatic rings. The lowest BCUT2D eigenvalue weighted by atomic mass is 9.95. The largest absolute Gasteiger partial charge is 0.289 e. The number of carbonyl (C=O) groups is 2. The number of carbonyl (C=O) groups excluding carboxylic acids is 2. The van der Waals surface area contributed by atoms with E-state index in [9.17, 15) is 9.59 Å². The van der Waals surface area contributed by atoms with Crippen molar-refractivity contribution in [3.63, 3.8) is 0 Å². The maximum Gasteiger partial charge on any atom is 0.207 e. The smallest absolute Gasteiger partial charge is 0.207 e. The number of hydrogen-bond acceptors (Lipinski definition) is 3. The molecule has 72 valence electrons.